The van der Waals surface area contributed by atoms with Crippen LogP contribution in [0.25, 0.3) is 0 Å². The van der Waals surface area contributed by atoms with Crippen molar-refractivity contribution in [3.8, 4) is 0 Å². The number of hydrogen-bond donors (Lipinski definition) is 8. The first-order valence-electron chi connectivity index (χ1n) is 37.1. The van der Waals surface area contributed by atoms with Crippen molar-refractivity contribution in [3.63, 3.8) is 0 Å². The fraction of sp³-hybridized carbons (Fsp3) is 0.821. The third kappa shape index (κ3) is 28.1. The zero-order chi connectivity index (χ0) is 72.5. The molecule has 8 N–H and O–H groups in total. The van der Waals surface area contributed by atoms with Gasteiger partial charge >= 0.3 is 11.9 Å². The molecule has 20 nitrogen and oxygen atoms in total. The maximum absolute atomic E-state index is 13.9. The maximum atomic E-state index is 13.9. The molecule has 0 amide bonds. The molecule has 5 heterocycles. The first kappa shape index (κ1) is 85.4. The number of rotatable bonds is 16. The van der Waals surface area contributed by atoms with E-state index >= 15 is 0 Å². The molecule has 30 atom stereocenters. The van der Waals surface area contributed by atoms with Gasteiger partial charge in [0.05, 0.1) is 122 Å². The fourth-order valence-electron chi connectivity index (χ4n) is 15.3. The molecule has 0 aromatic rings. The molecular formula is C78H132O20. The highest BCUT2D eigenvalue weighted by Gasteiger charge is 2.42. The molecule has 0 radical (unpaired) electrons. The van der Waals surface area contributed by atoms with E-state index in [1.807, 2.05) is 98.8 Å². The zero-order valence-electron chi connectivity index (χ0n) is 62.3. The summed E-state index contributed by atoms with van der Waals surface area (Å²) in [5.41, 5.74) is 1.41. The second-order valence-electron chi connectivity index (χ2n) is 30.3. The predicted molar refractivity (Wildman–Crippen MR) is 377 cm³/mol. The van der Waals surface area contributed by atoms with Crippen LogP contribution in [-0.4, -0.2) is 216 Å². The Bertz CT molecular complexity index is 2480. The summed E-state index contributed by atoms with van der Waals surface area (Å²) in [6.07, 6.45) is 14.3. The van der Waals surface area contributed by atoms with Crippen LogP contribution in [0, 0.1) is 47.3 Å². The normalized spacial score (nSPS) is 41.1. The van der Waals surface area contributed by atoms with E-state index in [1.54, 1.807) is 61.4 Å². The van der Waals surface area contributed by atoms with Crippen LogP contribution in [0.15, 0.2) is 71.9 Å². The van der Waals surface area contributed by atoms with Gasteiger partial charge < -0.3 is 88.2 Å². The standard InChI is InChI=1S/C78H132O20/c1-45-23-29-57(79)37-59-19-17-21-61(95-59)41-70(91-15)51(7)67(81)43-68(82)53(9)76(87)56(12)78(48(4)28-32-64-40-66(90-14)36-50(6)94-64)98-74(85)34-26-46(2)24-30-58(80)38-60-20-18-22-62(96-60)42-71(92-16)52(8)69(83)44-72(97-73(84)33-25-45)54(10)77(88)55(11)75(86)47(3)27-31-63-39-65(89-13)35-49(5)93-63/h17-20,23-26,33-34,47-72,75-83,86-88H,21-22,27-32,35-44H2,1-16H3/b33-25+,34-26+,45-23+,46-24+/t47-,48-,49-,50-,51+,52-,53+,54-,55-,56-,57+,58-,59-,60-,61-,62-,63-,64-,65+,66+,67-,68+,69-,70+,71+,72+,75-,76-,77-,78-/m0/s1. The number of carbonyl (C=O) groups is 2. The highest BCUT2D eigenvalue weighted by Crippen LogP contribution is 2.37. The molecule has 0 aromatic heterocycles. The first-order chi connectivity index (χ1) is 46.4. The van der Waals surface area contributed by atoms with Crippen molar-refractivity contribution >= 4 is 11.9 Å². The summed E-state index contributed by atoms with van der Waals surface area (Å²) in [4.78, 5) is 27.7. The Hall–Kier alpha value is -3.26. The van der Waals surface area contributed by atoms with Crippen molar-refractivity contribution in [2.45, 2.75) is 333 Å². The Kier molecular flexibility index (Phi) is 37.6. The number of methoxy groups -OCH3 is 4. The van der Waals surface area contributed by atoms with Crippen molar-refractivity contribution in [2.24, 2.45) is 47.3 Å². The van der Waals surface area contributed by atoms with Gasteiger partial charge in [0.15, 0.2) is 0 Å². The number of allylic oxidation sites excluding steroid dienone is 4. The van der Waals surface area contributed by atoms with Crippen molar-refractivity contribution in [1.29, 1.82) is 0 Å². The summed E-state index contributed by atoms with van der Waals surface area (Å²) in [6, 6.07) is 0. The molecule has 0 aliphatic carbocycles. The molecule has 564 valence electrons. The predicted octanol–water partition coefficient (Wildman–Crippen LogP) is 10.1. The number of fused-ring (bicyclic) bond motifs is 4. The van der Waals surface area contributed by atoms with Crippen molar-refractivity contribution in [1.82, 2.24) is 0 Å². The van der Waals surface area contributed by atoms with E-state index in [-0.39, 0.29) is 99.2 Å². The zero-order valence-corrected chi connectivity index (χ0v) is 62.3. The van der Waals surface area contributed by atoms with Gasteiger partial charge in [-0.05, 0) is 123 Å². The summed E-state index contributed by atoms with van der Waals surface area (Å²) >= 11 is 0. The third-order valence-corrected chi connectivity index (χ3v) is 22.3. The van der Waals surface area contributed by atoms with Gasteiger partial charge in [0.1, 0.15) is 12.2 Å². The van der Waals surface area contributed by atoms with Gasteiger partial charge in [0.2, 0.25) is 0 Å². The monoisotopic (exact) mass is 1390 g/mol. The summed E-state index contributed by atoms with van der Waals surface area (Å²) < 4.78 is 61.4. The number of ether oxygens (including phenoxy) is 10. The SMILES string of the molecule is CO[C@H]1C[C@H](CC[C@H](C)[C@H](O)[C@H](C)[C@@H](O)[C@@H](C)[C@H]2C[C@H](O)[C@H](C)[C@H](OC)C[C@@H]3CC=C[C@@H](C[C@@H](O)C/C=C(C)/C=C/C(=O)O[C@@H]([C@@H](C)CC[C@H]4C[C@H](OC)C[C@H](C)O4)[C@@H](C)[C@@H](O)[C@H](C)[C@H](O)C[C@H](O)[C@@H](C)[C@H](OC)C[C@@H]4CC=C[C@@H](C[C@H](O)C/C=C(C)/C=C/C(=O)O2)O4)O3)O[C@@H](C)C1. The van der Waals surface area contributed by atoms with E-state index in [9.17, 15) is 50.4 Å². The Morgan fingerprint density at radius 1 is 0.490 bits per heavy atom. The number of aliphatic hydroxyl groups excluding tert-OH is 8. The minimum absolute atomic E-state index is 0.00955. The molecule has 98 heavy (non-hydrogen) atoms. The van der Waals surface area contributed by atoms with Crippen molar-refractivity contribution < 1.29 is 97.8 Å². The van der Waals surface area contributed by atoms with Gasteiger partial charge in [0.25, 0.3) is 0 Å². The van der Waals surface area contributed by atoms with E-state index in [0.717, 1.165) is 37.7 Å². The molecule has 0 unspecified atom stereocenters. The molecule has 2 saturated heterocycles. The Labute approximate surface area is 587 Å². The van der Waals surface area contributed by atoms with Crippen LogP contribution in [0.4, 0.5) is 0 Å². The Balaban J connectivity index is 1.37. The molecule has 5 aliphatic rings. The van der Waals surface area contributed by atoms with Gasteiger partial charge in [-0.1, -0.05) is 115 Å². The average molecular weight is 1390 g/mol. The lowest BCUT2D eigenvalue weighted by atomic mass is 9.79. The minimum Gasteiger partial charge on any atom is -0.459 e. The number of cyclic esters (lactones) is 2. The lowest BCUT2D eigenvalue weighted by Gasteiger charge is -2.38. The van der Waals surface area contributed by atoms with Crippen LogP contribution in [-0.2, 0) is 57.0 Å². The molecule has 20 heteroatoms. The smallest absolute Gasteiger partial charge is 0.331 e. The molecule has 4 bridgehead atoms. The second kappa shape index (κ2) is 43.1. The molecule has 0 spiro atoms. The van der Waals surface area contributed by atoms with Crippen LogP contribution in [0.1, 0.15) is 199 Å². The number of hydrogen-bond acceptors (Lipinski definition) is 20. The minimum atomic E-state index is -1.14. The summed E-state index contributed by atoms with van der Waals surface area (Å²) in [6.45, 7) is 22.5. The molecular weight excluding hydrogens is 1260 g/mol. The van der Waals surface area contributed by atoms with Gasteiger partial charge in [0, 0.05) is 108 Å². The van der Waals surface area contributed by atoms with Gasteiger partial charge in [-0.3, -0.25) is 0 Å². The average Bonchev–Trinajstić information content (AvgIpc) is 0.848. The van der Waals surface area contributed by atoms with E-state index in [1.165, 1.54) is 12.2 Å². The van der Waals surface area contributed by atoms with Gasteiger partial charge in [-0.25, -0.2) is 9.59 Å². The first-order valence-corrected chi connectivity index (χ1v) is 37.1. The van der Waals surface area contributed by atoms with Crippen LogP contribution in [0.3, 0.4) is 0 Å². The lowest BCUT2D eigenvalue weighted by Crippen LogP contribution is -2.45. The van der Waals surface area contributed by atoms with Gasteiger partial charge in [-0.15, -0.1) is 0 Å². The molecule has 5 rings (SSSR count). The fourth-order valence-corrected chi connectivity index (χ4v) is 15.3. The number of aliphatic hydroxyl groups is 8. The molecule has 0 aromatic carbocycles. The highest BCUT2D eigenvalue weighted by atomic mass is 16.6. The van der Waals surface area contributed by atoms with E-state index in [0.29, 0.717) is 50.5 Å². The second-order valence-corrected chi connectivity index (χ2v) is 30.3. The quantitative estimate of drug-likeness (QED) is 0.0527. The third-order valence-electron chi connectivity index (χ3n) is 22.3. The van der Waals surface area contributed by atoms with Crippen molar-refractivity contribution in [3.05, 3.63) is 71.9 Å². The number of carbonyl (C=O) groups excluding carboxylic acids is 2. The Morgan fingerprint density at radius 2 is 0.939 bits per heavy atom. The summed E-state index contributed by atoms with van der Waals surface area (Å²) in [5, 5.41) is 94.1. The summed E-state index contributed by atoms with van der Waals surface area (Å²) in [7, 11) is 6.59. The van der Waals surface area contributed by atoms with E-state index in [4.69, 9.17) is 47.4 Å². The largest absolute Gasteiger partial charge is 0.459 e. The van der Waals surface area contributed by atoms with Crippen LogP contribution in [0.2, 0.25) is 0 Å². The maximum Gasteiger partial charge on any atom is 0.331 e. The van der Waals surface area contributed by atoms with Crippen molar-refractivity contribution in [2.75, 3.05) is 28.4 Å². The van der Waals surface area contributed by atoms with Gasteiger partial charge in [-0.2, -0.15) is 0 Å². The molecule has 0 saturated carbocycles. The summed E-state index contributed by atoms with van der Waals surface area (Å²) in [5.74, 6) is -5.42. The topological polar surface area (TPSA) is 288 Å². The van der Waals surface area contributed by atoms with Crippen LogP contribution < -0.4 is 0 Å². The van der Waals surface area contributed by atoms with Crippen LogP contribution in [0.5, 0.6) is 0 Å². The number of esters is 2. The molecule has 5 aliphatic heterocycles. The Morgan fingerprint density at radius 3 is 1.41 bits per heavy atom. The van der Waals surface area contributed by atoms with E-state index < -0.39 is 133 Å². The molecule has 2 fully saturated rings. The van der Waals surface area contributed by atoms with Crippen LogP contribution >= 0.6 is 0 Å². The highest BCUT2D eigenvalue weighted by molar-refractivity contribution is 5.83. The lowest BCUT2D eigenvalue weighted by molar-refractivity contribution is -0.155. The van der Waals surface area contributed by atoms with E-state index in [2.05, 4.69) is 0 Å².